The minimum atomic E-state index is -0.920. The van der Waals surface area contributed by atoms with Crippen LogP contribution in [-0.2, 0) is 11.3 Å². The third-order valence-corrected chi connectivity index (χ3v) is 4.10. The lowest BCUT2D eigenvalue weighted by molar-refractivity contribution is 0.149. The molecule has 1 aliphatic heterocycles. The number of aryl methyl sites for hydroxylation is 1. The van der Waals surface area contributed by atoms with Crippen molar-refractivity contribution in [3.8, 4) is 5.75 Å². The zero-order chi connectivity index (χ0) is 17.8. The van der Waals surface area contributed by atoms with Crippen molar-refractivity contribution in [2.24, 2.45) is 11.7 Å². The van der Waals surface area contributed by atoms with E-state index >= 15 is 0 Å². The first kappa shape index (κ1) is 17.0. The number of aromatic nitrogens is 1. The van der Waals surface area contributed by atoms with E-state index in [1.165, 1.54) is 0 Å². The molecule has 7 heteroatoms. The van der Waals surface area contributed by atoms with Gasteiger partial charge in [-0.2, -0.15) is 0 Å². The zero-order valence-electron chi connectivity index (χ0n) is 13.9. The molecule has 1 fully saturated rings. The van der Waals surface area contributed by atoms with Crippen LogP contribution in [0.1, 0.15) is 11.3 Å². The molecular formula is C18H20FN3O3. The van der Waals surface area contributed by atoms with E-state index < -0.39 is 6.09 Å². The molecule has 2 aromatic rings. The standard InChI is InChI=1S/C18H20FN3O3/c1-12-5-6-15(7-21-12)24-10-13-8-22(9-13)16-4-2-3-14(17(16)19)11-25-18(20)23/h2-7,13H,8-11H2,1H3,(H2,20,23). The molecule has 1 saturated heterocycles. The van der Waals surface area contributed by atoms with Gasteiger partial charge >= 0.3 is 6.09 Å². The normalized spacial score (nSPS) is 14.1. The maximum Gasteiger partial charge on any atom is 0.404 e. The average molecular weight is 345 g/mol. The molecule has 3 rings (SSSR count). The number of amides is 1. The van der Waals surface area contributed by atoms with Gasteiger partial charge < -0.3 is 20.1 Å². The molecule has 1 amide bonds. The molecule has 0 atom stereocenters. The summed E-state index contributed by atoms with van der Waals surface area (Å²) < 4.78 is 24.9. The van der Waals surface area contributed by atoms with Crippen molar-refractivity contribution < 1.29 is 18.7 Å². The minimum Gasteiger partial charge on any atom is -0.492 e. The molecule has 0 saturated carbocycles. The first-order valence-corrected chi connectivity index (χ1v) is 8.03. The van der Waals surface area contributed by atoms with E-state index in [1.807, 2.05) is 24.0 Å². The topological polar surface area (TPSA) is 77.7 Å². The smallest absolute Gasteiger partial charge is 0.404 e. The number of nitrogens with two attached hydrogens (primary N) is 1. The Morgan fingerprint density at radius 3 is 2.84 bits per heavy atom. The van der Waals surface area contributed by atoms with Crippen LogP contribution in [0.3, 0.4) is 0 Å². The Balaban J connectivity index is 1.52. The number of benzene rings is 1. The van der Waals surface area contributed by atoms with E-state index in [4.69, 9.17) is 10.5 Å². The second kappa shape index (κ2) is 7.38. The lowest BCUT2D eigenvalue weighted by Crippen LogP contribution is -2.49. The highest BCUT2D eigenvalue weighted by Crippen LogP contribution is 2.29. The quantitative estimate of drug-likeness (QED) is 0.871. The largest absolute Gasteiger partial charge is 0.492 e. The SMILES string of the molecule is Cc1ccc(OCC2CN(c3cccc(COC(N)=O)c3F)C2)cn1. The van der Waals surface area contributed by atoms with Crippen molar-refractivity contribution in [2.75, 3.05) is 24.6 Å². The van der Waals surface area contributed by atoms with Crippen molar-refractivity contribution in [1.29, 1.82) is 0 Å². The maximum absolute atomic E-state index is 14.5. The molecule has 2 heterocycles. The number of ether oxygens (including phenoxy) is 2. The van der Waals surface area contributed by atoms with Crippen LogP contribution in [0.4, 0.5) is 14.9 Å². The predicted octanol–water partition coefficient (Wildman–Crippen LogP) is 2.64. The molecule has 0 radical (unpaired) electrons. The lowest BCUT2D eigenvalue weighted by Gasteiger charge is -2.41. The molecule has 0 bridgehead atoms. The Hall–Kier alpha value is -2.83. The van der Waals surface area contributed by atoms with Crippen LogP contribution < -0.4 is 15.4 Å². The minimum absolute atomic E-state index is 0.171. The summed E-state index contributed by atoms with van der Waals surface area (Å²) in [5.74, 6) is 0.679. The fraction of sp³-hybridized carbons (Fsp3) is 0.333. The summed E-state index contributed by atoms with van der Waals surface area (Å²) >= 11 is 0. The highest BCUT2D eigenvalue weighted by atomic mass is 19.1. The lowest BCUT2D eigenvalue weighted by atomic mass is 9.99. The molecule has 0 unspecified atom stereocenters. The fourth-order valence-corrected chi connectivity index (χ4v) is 2.70. The summed E-state index contributed by atoms with van der Waals surface area (Å²) in [4.78, 5) is 16.8. The Morgan fingerprint density at radius 2 is 2.16 bits per heavy atom. The summed E-state index contributed by atoms with van der Waals surface area (Å²) in [5, 5.41) is 0. The number of hydrogen-bond donors (Lipinski definition) is 1. The second-order valence-electron chi connectivity index (χ2n) is 6.08. The summed E-state index contributed by atoms with van der Waals surface area (Å²) in [7, 11) is 0. The van der Waals surface area contributed by atoms with Gasteiger partial charge in [-0.3, -0.25) is 4.98 Å². The fourth-order valence-electron chi connectivity index (χ4n) is 2.70. The van der Waals surface area contributed by atoms with Gasteiger partial charge in [0.25, 0.3) is 0 Å². The van der Waals surface area contributed by atoms with Crippen molar-refractivity contribution in [3.05, 3.63) is 53.6 Å². The van der Waals surface area contributed by atoms with E-state index in [0.29, 0.717) is 36.9 Å². The van der Waals surface area contributed by atoms with E-state index in [9.17, 15) is 9.18 Å². The maximum atomic E-state index is 14.5. The molecule has 1 aromatic heterocycles. The van der Waals surface area contributed by atoms with Gasteiger partial charge in [-0.15, -0.1) is 0 Å². The number of halogens is 1. The molecule has 6 nitrogen and oxygen atoms in total. The molecule has 1 aliphatic rings. The molecule has 0 spiro atoms. The van der Waals surface area contributed by atoms with Crippen LogP contribution in [-0.4, -0.2) is 30.8 Å². The molecule has 132 valence electrons. The van der Waals surface area contributed by atoms with Gasteiger partial charge in [0.2, 0.25) is 0 Å². The number of primary amides is 1. The monoisotopic (exact) mass is 345 g/mol. The van der Waals surface area contributed by atoms with Crippen molar-refractivity contribution in [1.82, 2.24) is 4.98 Å². The van der Waals surface area contributed by atoms with E-state index in [1.54, 1.807) is 24.4 Å². The van der Waals surface area contributed by atoms with E-state index in [0.717, 1.165) is 11.4 Å². The summed E-state index contributed by atoms with van der Waals surface area (Å²) in [6.45, 7) is 3.72. The van der Waals surface area contributed by atoms with Crippen LogP contribution in [0, 0.1) is 18.7 Å². The summed E-state index contributed by atoms with van der Waals surface area (Å²) in [6.07, 6.45) is 0.782. The van der Waals surface area contributed by atoms with Crippen LogP contribution >= 0.6 is 0 Å². The van der Waals surface area contributed by atoms with E-state index in [2.05, 4.69) is 9.72 Å². The molecule has 25 heavy (non-hydrogen) atoms. The summed E-state index contributed by atoms with van der Waals surface area (Å²) in [5.41, 5.74) is 6.67. The number of rotatable bonds is 6. The van der Waals surface area contributed by atoms with Gasteiger partial charge in [0.15, 0.2) is 5.82 Å². The predicted molar refractivity (Wildman–Crippen MR) is 90.9 cm³/mol. The first-order chi connectivity index (χ1) is 12.0. The Kier molecular flexibility index (Phi) is 5.02. The highest BCUT2D eigenvalue weighted by molar-refractivity contribution is 5.64. The van der Waals surface area contributed by atoms with Gasteiger partial charge in [0, 0.05) is 30.3 Å². The Bertz CT molecular complexity index is 746. The number of pyridine rings is 1. The third-order valence-electron chi connectivity index (χ3n) is 4.10. The van der Waals surface area contributed by atoms with Gasteiger partial charge in [-0.25, -0.2) is 9.18 Å². The van der Waals surface area contributed by atoms with E-state index in [-0.39, 0.29) is 12.4 Å². The Labute approximate surface area is 145 Å². The molecule has 1 aromatic carbocycles. The number of anilines is 1. The van der Waals surface area contributed by atoms with Crippen molar-refractivity contribution >= 4 is 11.8 Å². The Morgan fingerprint density at radius 1 is 1.36 bits per heavy atom. The third kappa shape index (κ3) is 4.17. The van der Waals surface area contributed by atoms with Crippen LogP contribution in [0.15, 0.2) is 36.5 Å². The highest BCUT2D eigenvalue weighted by Gasteiger charge is 2.29. The van der Waals surface area contributed by atoms with Gasteiger partial charge in [-0.05, 0) is 25.1 Å². The van der Waals surface area contributed by atoms with Crippen molar-refractivity contribution in [3.63, 3.8) is 0 Å². The molecular weight excluding hydrogens is 325 g/mol. The van der Waals surface area contributed by atoms with Crippen LogP contribution in [0.25, 0.3) is 0 Å². The summed E-state index contributed by atoms with van der Waals surface area (Å²) in [6, 6.07) is 8.81. The van der Waals surface area contributed by atoms with Gasteiger partial charge in [0.1, 0.15) is 12.4 Å². The number of carbonyl (C=O) groups excluding carboxylic acids is 1. The number of hydrogen-bond acceptors (Lipinski definition) is 5. The van der Waals surface area contributed by atoms with Gasteiger partial charge in [-0.1, -0.05) is 12.1 Å². The molecule has 2 N–H and O–H groups in total. The van der Waals surface area contributed by atoms with Crippen molar-refractivity contribution in [2.45, 2.75) is 13.5 Å². The number of carbonyl (C=O) groups is 1. The van der Waals surface area contributed by atoms with Crippen LogP contribution in [0.5, 0.6) is 5.75 Å². The van der Waals surface area contributed by atoms with Gasteiger partial charge in [0.05, 0.1) is 18.5 Å². The zero-order valence-corrected chi connectivity index (χ0v) is 13.9. The second-order valence-corrected chi connectivity index (χ2v) is 6.08. The average Bonchev–Trinajstić information content (AvgIpc) is 2.55. The van der Waals surface area contributed by atoms with Crippen LogP contribution in [0.2, 0.25) is 0 Å². The first-order valence-electron chi connectivity index (χ1n) is 8.03. The molecule has 0 aliphatic carbocycles. The number of nitrogens with zero attached hydrogens (tertiary/aromatic N) is 2.